The van der Waals surface area contributed by atoms with E-state index < -0.39 is 11.7 Å². The van der Waals surface area contributed by atoms with Gasteiger partial charge in [-0.1, -0.05) is 18.2 Å². The SMILES string of the molecule is CC(CN1CCCC1=O)NCc1cccc(C(F)(F)F)c1. The molecule has 21 heavy (non-hydrogen) atoms. The highest BCUT2D eigenvalue weighted by Gasteiger charge is 2.30. The molecule has 116 valence electrons. The molecule has 1 N–H and O–H groups in total. The molecule has 1 aromatic carbocycles. The second-order valence-corrected chi connectivity index (χ2v) is 5.42. The molecule has 1 fully saturated rings. The van der Waals surface area contributed by atoms with Gasteiger partial charge in [-0.05, 0) is 25.0 Å². The van der Waals surface area contributed by atoms with Crippen LogP contribution in [0.1, 0.15) is 30.9 Å². The lowest BCUT2D eigenvalue weighted by molar-refractivity contribution is -0.137. The van der Waals surface area contributed by atoms with Crippen LogP contribution >= 0.6 is 0 Å². The van der Waals surface area contributed by atoms with Gasteiger partial charge in [-0.25, -0.2) is 0 Å². The first-order valence-electron chi connectivity index (χ1n) is 7.03. The van der Waals surface area contributed by atoms with E-state index in [4.69, 9.17) is 0 Å². The lowest BCUT2D eigenvalue weighted by Gasteiger charge is -2.22. The van der Waals surface area contributed by atoms with Gasteiger partial charge in [-0.2, -0.15) is 13.2 Å². The van der Waals surface area contributed by atoms with Gasteiger partial charge >= 0.3 is 6.18 Å². The summed E-state index contributed by atoms with van der Waals surface area (Å²) in [5.41, 5.74) is -0.0476. The zero-order chi connectivity index (χ0) is 15.5. The minimum atomic E-state index is -4.32. The molecule has 1 amide bonds. The molecular weight excluding hydrogens is 281 g/mol. The molecule has 1 atom stereocenters. The fraction of sp³-hybridized carbons (Fsp3) is 0.533. The van der Waals surface area contributed by atoms with Gasteiger partial charge in [0.05, 0.1) is 5.56 Å². The maximum atomic E-state index is 12.6. The van der Waals surface area contributed by atoms with E-state index in [0.717, 1.165) is 25.1 Å². The number of alkyl halides is 3. The van der Waals surface area contributed by atoms with Crippen molar-refractivity contribution in [2.24, 2.45) is 0 Å². The number of nitrogens with zero attached hydrogens (tertiary/aromatic N) is 1. The van der Waals surface area contributed by atoms with Crippen molar-refractivity contribution in [3.05, 3.63) is 35.4 Å². The van der Waals surface area contributed by atoms with E-state index in [-0.39, 0.29) is 11.9 Å². The van der Waals surface area contributed by atoms with Gasteiger partial charge in [0.1, 0.15) is 0 Å². The third kappa shape index (κ3) is 4.46. The molecule has 1 aliphatic rings. The van der Waals surface area contributed by atoms with Crippen molar-refractivity contribution in [3.63, 3.8) is 0 Å². The first-order valence-corrected chi connectivity index (χ1v) is 7.03. The molecule has 0 saturated carbocycles. The highest BCUT2D eigenvalue weighted by molar-refractivity contribution is 5.78. The summed E-state index contributed by atoms with van der Waals surface area (Å²) in [5.74, 6) is 0.155. The molecule has 1 saturated heterocycles. The fourth-order valence-corrected chi connectivity index (χ4v) is 2.44. The third-order valence-corrected chi connectivity index (χ3v) is 3.57. The van der Waals surface area contributed by atoms with Gasteiger partial charge < -0.3 is 10.2 Å². The zero-order valence-electron chi connectivity index (χ0n) is 11.9. The predicted octanol–water partition coefficient (Wildman–Crippen LogP) is 2.81. The topological polar surface area (TPSA) is 32.3 Å². The smallest absolute Gasteiger partial charge is 0.341 e. The Morgan fingerprint density at radius 1 is 1.38 bits per heavy atom. The Balaban J connectivity index is 1.86. The van der Waals surface area contributed by atoms with Crippen molar-refractivity contribution >= 4 is 5.91 Å². The van der Waals surface area contributed by atoms with E-state index in [2.05, 4.69) is 5.32 Å². The maximum absolute atomic E-state index is 12.6. The van der Waals surface area contributed by atoms with Gasteiger partial charge in [-0.3, -0.25) is 4.79 Å². The second-order valence-electron chi connectivity index (χ2n) is 5.42. The quantitative estimate of drug-likeness (QED) is 0.907. The summed E-state index contributed by atoms with van der Waals surface area (Å²) < 4.78 is 37.8. The number of amides is 1. The van der Waals surface area contributed by atoms with Crippen LogP contribution in [-0.2, 0) is 17.5 Å². The first kappa shape index (κ1) is 15.8. The molecule has 1 heterocycles. The van der Waals surface area contributed by atoms with Crippen LogP contribution in [0.2, 0.25) is 0 Å². The number of hydrogen-bond acceptors (Lipinski definition) is 2. The van der Waals surface area contributed by atoms with Crippen LogP contribution in [-0.4, -0.2) is 29.9 Å². The summed E-state index contributed by atoms with van der Waals surface area (Å²) >= 11 is 0. The Kier molecular flexibility index (Phi) is 4.88. The summed E-state index contributed by atoms with van der Waals surface area (Å²) in [4.78, 5) is 13.3. The Bertz CT molecular complexity index is 502. The Morgan fingerprint density at radius 3 is 2.76 bits per heavy atom. The van der Waals surface area contributed by atoms with Gasteiger partial charge in [-0.15, -0.1) is 0 Å². The number of nitrogens with one attached hydrogen (secondary N) is 1. The Morgan fingerprint density at radius 2 is 2.14 bits per heavy atom. The molecule has 1 aliphatic heterocycles. The van der Waals surface area contributed by atoms with Crippen LogP contribution in [0.25, 0.3) is 0 Å². The highest BCUT2D eigenvalue weighted by atomic mass is 19.4. The number of benzene rings is 1. The normalized spacial score (nSPS) is 17.3. The average molecular weight is 300 g/mol. The van der Waals surface area contributed by atoms with E-state index in [9.17, 15) is 18.0 Å². The molecular formula is C15H19F3N2O. The summed E-state index contributed by atoms with van der Waals surface area (Å²) in [7, 11) is 0. The third-order valence-electron chi connectivity index (χ3n) is 3.57. The van der Waals surface area contributed by atoms with Crippen molar-refractivity contribution in [2.45, 2.75) is 38.5 Å². The van der Waals surface area contributed by atoms with Crippen molar-refractivity contribution < 1.29 is 18.0 Å². The zero-order valence-corrected chi connectivity index (χ0v) is 11.9. The average Bonchev–Trinajstić information content (AvgIpc) is 2.81. The van der Waals surface area contributed by atoms with E-state index in [0.29, 0.717) is 25.1 Å². The molecule has 0 radical (unpaired) electrons. The molecule has 0 spiro atoms. The summed E-state index contributed by atoms with van der Waals surface area (Å²) in [6, 6.07) is 5.34. The van der Waals surface area contributed by atoms with Gasteiger partial charge in [0.25, 0.3) is 0 Å². The van der Waals surface area contributed by atoms with Crippen molar-refractivity contribution in [3.8, 4) is 0 Å². The highest BCUT2D eigenvalue weighted by Crippen LogP contribution is 2.29. The number of carbonyl (C=O) groups excluding carboxylic acids is 1. The van der Waals surface area contributed by atoms with Crippen LogP contribution < -0.4 is 5.32 Å². The molecule has 0 bridgehead atoms. The second kappa shape index (κ2) is 6.47. The molecule has 0 aromatic heterocycles. The van der Waals surface area contributed by atoms with Crippen LogP contribution in [0.3, 0.4) is 0 Å². The molecule has 0 aliphatic carbocycles. The molecule has 1 aromatic rings. The van der Waals surface area contributed by atoms with Crippen molar-refractivity contribution in [1.82, 2.24) is 10.2 Å². The molecule has 6 heteroatoms. The first-order chi connectivity index (χ1) is 9.86. The van der Waals surface area contributed by atoms with Crippen LogP contribution in [0, 0.1) is 0 Å². The van der Waals surface area contributed by atoms with Gasteiger partial charge in [0.15, 0.2) is 0 Å². The Labute approximate surface area is 122 Å². The lowest BCUT2D eigenvalue weighted by Crippen LogP contribution is -2.39. The molecule has 3 nitrogen and oxygen atoms in total. The number of halogens is 3. The number of carbonyl (C=O) groups is 1. The number of hydrogen-bond donors (Lipinski definition) is 1. The maximum Gasteiger partial charge on any atom is 0.416 e. The Hall–Kier alpha value is -1.56. The van der Waals surface area contributed by atoms with Gasteiger partial charge in [0, 0.05) is 32.1 Å². The number of likely N-dealkylation sites (tertiary alicyclic amines) is 1. The van der Waals surface area contributed by atoms with Crippen LogP contribution in [0.4, 0.5) is 13.2 Å². The van der Waals surface area contributed by atoms with E-state index in [1.807, 2.05) is 6.92 Å². The van der Waals surface area contributed by atoms with Crippen LogP contribution in [0.5, 0.6) is 0 Å². The minimum absolute atomic E-state index is 0.0431. The predicted molar refractivity (Wildman–Crippen MR) is 73.6 cm³/mol. The van der Waals surface area contributed by atoms with E-state index in [1.54, 1.807) is 11.0 Å². The lowest BCUT2D eigenvalue weighted by atomic mass is 10.1. The minimum Gasteiger partial charge on any atom is -0.341 e. The standard InChI is InChI=1S/C15H19F3N2O/c1-11(10-20-7-3-6-14(20)21)19-9-12-4-2-5-13(8-12)15(16,17)18/h2,4-5,8,11,19H,3,6-7,9-10H2,1H3. The van der Waals surface area contributed by atoms with E-state index in [1.165, 1.54) is 6.07 Å². The summed E-state index contributed by atoms with van der Waals surface area (Å²) in [5, 5.41) is 3.16. The van der Waals surface area contributed by atoms with Crippen molar-refractivity contribution in [2.75, 3.05) is 13.1 Å². The van der Waals surface area contributed by atoms with Crippen molar-refractivity contribution in [1.29, 1.82) is 0 Å². The number of rotatable bonds is 5. The fourth-order valence-electron chi connectivity index (χ4n) is 2.44. The molecule has 2 rings (SSSR count). The monoisotopic (exact) mass is 300 g/mol. The van der Waals surface area contributed by atoms with Crippen LogP contribution in [0.15, 0.2) is 24.3 Å². The van der Waals surface area contributed by atoms with Gasteiger partial charge in [0.2, 0.25) is 5.91 Å². The largest absolute Gasteiger partial charge is 0.416 e. The summed E-state index contributed by atoms with van der Waals surface area (Å²) in [6.07, 6.45) is -2.83. The molecule has 1 unspecified atom stereocenters. The summed E-state index contributed by atoms with van der Waals surface area (Å²) in [6.45, 7) is 3.65. The van der Waals surface area contributed by atoms with E-state index >= 15 is 0 Å².